The van der Waals surface area contributed by atoms with Crippen molar-refractivity contribution in [1.29, 1.82) is 0 Å². The van der Waals surface area contributed by atoms with Crippen LogP contribution < -0.4 is 0 Å². The Labute approximate surface area is 136 Å². The van der Waals surface area contributed by atoms with Gasteiger partial charge in [0, 0.05) is 6.54 Å². The number of thiophene rings is 1. The summed E-state index contributed by atoms with van der Waals surface area (Å²) in [7, 11) is 0. The quantitative estimate of drug-likeness (QED) is 0.556. The predicted molar refractivity (Wildman–Crippen MR) is 89.3 cm³/mol. The summed E-state index contributed by atoms with van der Waals surface area (Å²) in [6, 6.07) is 4.00. The van der Waals surface area contributed by atoms with Crippen molar-refractivity contribution in [2.75, 3.05) is 17.8 Å². The van der Waals surface area contributed by atoms with E-state index in [1.54, 1.807) is 11.3 Å². The Bertz CT molecular complexity index is 569. The average Bonchev–Trinajstić information content (AvgIpc) is 3.10. The molecule has 0 fully saturated rings. The third-order valence-electron chi connectivity index (χ3n) is 2.76. The van der Waals surface area contributed by atoms with Gasteiger partial charge < -0.3 is 9.67 Å². The highest BCUT2D eigenvalue weighted by Gasteiger charge is 2.15. The van der Waals surface area contributed by atoms with Gasteiger partial charge in [-0.25, -0.2) is 0 Å². The van der Waals surface area contributed by atoms with Crippen LogP contribution in [0.4, 0.5) is 0 Å². The molecule has 21 heavy (non-hydrogen) atoms. The Balaban J connectivity index is 2.14. The fourth-order valence-electron chi connectivity index (χ4n) is 1.83. The number of carboxylic acid groups (broad SMARTS) is 1. The summed E-state index contributed by atoms with van der Waals surface area (Å²) in [4.78, 5) is 11.8. The summed E-state index contributed by atoms with van der Waals surface area (Å²) in [5, 5.41) is 19.9. The molecule has 114 valence electrons. The molecule has 2 aromatic heterocycles. The molecule has 2 aromatic rings. The predicted octanol–water partition coefficient (Wildman–Crippen LogP) is 3.33. The average molecular weight is 343 g/mol. The Kier molecular flexibility index (Phi) is 6.59. The summed E-state index contributed by atoms with van der Waals surface area (Å²) in [5.41, 5.74) is 0. The maximum absolute atomic E-state index is 10.7. The number of carbonyl (C=O) groups is 1. The summed E-state index contributed by atoms with van der Waals surface area (Å²) in [6.45, 7) is 0.822. The number of rotatable bonds is 9. The van der Waals surface area contributed by atoms with Gasteiger partial charge in [0.05, 0.1) is 10.6 Å². The van der Waals surface area contributed by atoms with Crippen LogP contribution in [-0.2, 0) is 11.3 Å². The molecular weight excluding hydrogens is 326 g/mol. The summed E-state index contributed by atoms with van der Waals surface area (Å²) < 4.78 is 2.04. The van der Waals surface area contributed by atoms with Gasteiger partial charge in [-0.15, -0.1) is 21.5 Å². The molecule has 0 saturated carbocycles. The number of aliphatic carboxylic acids is 1. The molecule has 0 aromatic carbocycles. The molecule has 8 heteroatoms. The van der Waals surface area contributed by atoms with E-state index in [4.69, 9.17) is 5.11 Å². The van der Waals surface area contributed by atoms with Gasteiger partial charge in [0.2, 0.25) is 0 Å². The van der Waals surface area contributed by atoms with Crippen LogP contribution in [0.5, 0.6) is 0 Å². The number of nitrogens with zero attached hydrogens (tertiary/aromatic N) is 3. The third kappa shape index (κ3) is 4.76. The standard InChI is InChI=1S/C13H17N3O2S3/c1-19-7-3-2-6-16-12(10-5-4-8-20-10)14-15-13(16)21-9-11(17)18/h4-5,8H,2-3,6-7,9H2,1H3,(H,17,18). The molecule has 0 bridgehead atoms. The maximum atomic E-state index is 10.7. The van der Waals surface area contributed by atoms with Crippen LogP contribution in [0.2, 0.25) is 0 Å². The topological polar surface area (TPSA) is 68.0 Å². The highest BCUT2D eigenvalue weighted by Crippen LogP contribution is 2.27. The molecule has 5 nitrogen and oxygen atoms in total. The number of unbranched alkanes of at least 4 members (excludes halogenated alkanes) is 1. The second kappa shape index (κ2) is 8.45. The van der Waals surface area contributed by atoms with E-state index in [2.05, 4.69) is 16.5 Å². The lowest BCUT2D eigenvalue weighted by atomic mass is 10.3. The van der Waals surface area contributed by atoms with Crippen molar-refractivity contribution in [1.82, 2.24) is 14.8 Å². The number of thioether (sulfide) groups is 2. The van der Waals surface area contributed by atoms with Crippen molar-refractivity contribution >= 4 is 40.8 Å². The molecule has 2 rings (SSSR count). The van der Waals surface area contributed by atoms with Crippen molar-refractivity contribution in [3.63, 3.8) is 0 Å². The SMILES string of the molecule is CSCCCCn1c(SCC(=O)O)nnc1-c1cccs1. The minimum Gasteiger partial charge on any atom is -0.481 e. The minimum atomic E-state index is -0.838. The molecule has 0 spiro atoms. The molecule has 0 saturated heterocycles. The lowest BCUT2D eigenvalue weighted by Gasteiger charge is -2.08. The molecule has 0 radical (unpaired) electrons. The van der Waals surface area contributed by atoms with Crippen LogP contribution in [0, 0.1) is 0 Å². The van der Waals surface area contributed by atoms with E-state index in [0.717, 1.165) is 35.8 Å². The van der Waals surface area contributed by atoms with Gasteiger partial charge in [0.1, 0.15) is 0 Å². The fraction of sp³-hybridized carbons (Fsp3) is 0.462. The molecule has 0 atom stereocenters. The zero-order chi connectivity index (χ0) is 15.1. The first kappa shape index (κ1) is 16.4. The van der Waals surface area contributed by atoms with Gasteiger partial charge in [-0.3, -0.25) is 4.79 Å². The third-order valence-corrected chi connectivity index (χ3v) is 5.28. The summed E-state index contributed by atoms with van der Waals surface area (Å²) >= 11 is 4.68. The van der Waals surface area contributed by atoms with Crippen LogP contribution in [0.1, 0.15) is 12.8 Å². The van der Waals surface area contributed by atoms with Gasteiger partial charge >= 0.3 is 5.97 Å². The second-order valence-electron chi connectivity index (χ2n) is 4.32. The number of carboxylic acids is 1. The van der Waals surface area contributed by atoms with Gasteiger partial charge in [-0.1, -0.05) is 17.8 Å². The highest BCUT2D eigenvalue weighted by atomic mass is 32.2. The number of hydrogen-bond donors (Lipinski definition) is 1. The molecular formula is C13H17N3O2S3. The van der Waals surface area contributed by atoms with Crippen LogP contribution in [0.3, 0.4) is 0 Å². The van der Waals surface area contributed by atoms with Crippen molar-refractivity contribution in [2.45, 2.75) is 24.5 Å². The Morgan fingerprint density at radius 2 is 2.29 bits per heavy atom. The molecule has 0 amide bonds. The number of aromatic nitrogens is 3. The second-order valence-corrected chi connectivity index (χ2v) is 7.19. The molecule has 2 heterocycles. The zero-order valence-electron chi connectivity index (χ0n) is 11.7. The van der Waals surface area contributed by atoms with E-state index < -0.39 is 5.97 Å². The van der Waals surface area contributed by atoms with Gasteiger partial charge in [-0.2, -0.15) is 11.8 Å². The zero-order valence-corrected chi connectivity index (χ0v) is 14.1. The van der Waals surface area contributed by atoms with Crippen LogP contribution >= 0.6 is 34.9 Å². The first-order chi connectivity index (χ1) is 10.2. The lowest BCUT2D eigenvalue weighted by Crippen LogP contribution is -2.05. The monoisotopic (exact) mass is 343 g/mol. The van der Waals surface area contributed by atoms with Crippen LogP contribution in [-0.4, -0.2) is 43.6 Å². The smallest absolute Gasteiger partial charge is 0.313 e. The molecule has 0 aliphatic rings. The summed E-state index contributed by atoms with van der Waals surface area (Å²) in [5.74, 6) is 1.14. The highest BCUT2D eigenvalue weighted by molar-refractivity contribution is 7.99. The van der Waals surface area contributed by atoms with Crippen LogP contribution in [0.25, 0.3) is 10.7 Å². The number of hydrogen-bond acceptors (Lipinski definition) is 6. The van der Waals surface area contributed by atoms with Gasteiger partial charge in [-0.05, 0) is 36.3 Å². The van der Waals surface area contributed by atoms with Crippen molar-refractivity contribution in [3.05, 3.63) is 17.5 Å². The largest absolute Gasteiger partial charge is 0.481 e. The normalized spacial score (nSPS) is 10.9. The van der Waals surface area contributed by atoms with Crippen molar-refractivity contribution < 1.29 is 9.90 Å². The van der Waals surface area contributed by atoms with E-state index in [1.807, 2.05) is 33.8 Å². The first-order valence-corrected chi connectivity index (χ1v) is 9.79. The van der Waals surface area contributed by atoms with E-state index in [9.17, 15) is 4.79 Å². The Hall–Kier alpha value is -0.990. The van der Waals surface area contributed by atoms with E-state index in [-0.39, 0.29) is 5.75 Å². The fourth-order valence-corrected chi connectivity index (χ4v) is 3.72. The minimum absolute atomic E-state index is 0.00733. The van der Waals surface area contributed by atoms with Gasteiger partial charge in [0.25, 0.3) is 0 Å². The molecule has 0 unspecified atom stereocenters. The Morgan fingerprint density at radius 1 is 1.43 bits per heavy atom. The van der Waals surface area contributed by atoms with Gasteiger partial charge in [0.15, 0.2) is 11.0 Å². The molecule has 1 N–H and O–H groups in total. The Morgan fingerprint density at radius 3 is 2.95 bits per heavy atom. The maximum Gasteiger partial charge on any atom is 0.313 e. The summed E-state index contributed by atoms with van der Waals surface area (Å²) in [6.07, 6.45) is 4.27. The van der Waals surface area contributed by atoms with Crippen LogP contribution in [0.15, 0.2) is 22.7 Å². The van der Waals surface area contributed by atoms with E-state index >= 15 is 0 Å². The van der Waals surface area contributed by atoms with Crippen molar-refractivity contribution in [3.8, 4) is 10.7 Å². The lowest BCUT2D eigenvalue weighted by molar-refractivity contribution is -0.133. The van der Waals surface area contributed by atoms with E-state index in [0.29, 0.717) is 5.16 Å². The molecule has 0 aliphatic heterocycles. The molecule has 0 aliphatic carbocycles. The first-order valence-electron chi connectivity index (χ1n) is 6.53. The van der Waals surface area contributed by atoms with E-state index in [1.165, 1.54) is 11.8 Å². The van der Waals surface area contributed by atoms with Crippen molar-refractivity contribution in [2.24, 2.45) is 0 Å².